The van der Waals surface area contributed by atoms with Crippen LogP contribution in [0, 0.1) is 0 Å². The van der Waals surface area contributed by atoms with E-state index >= 15 is 0 Å². The standard InChI is InChI=1S/C9H18N3O13P3/c10-7-1-2-12(9(14)11-7)8-3-5(13)6(23-8)4-22-27(18,19)25-28(20,21)24-26(15,16)17/h1-2,5-6,8,13,18-19,27H,3-4H2,(H,20,21)(H2,10,11,14)(H2,15,16,17). The second-order valence-corrected chi connectivity index (χ2v) is 10.2. The van der Waals surface area contributed by atoms with Crippen LogP contribution in [-0.2, 0) is 27.0 Å². The van der Waals surface area contributed by atoms with Gasteiger partial charge in [-0.05, 0) is 0 Å². The molecule has 1 aromatic heterocycles. The van der Waals surface area contributed by atoms with Gasteiger partial charge in [0.15, 0.2) is 0 Å². The normalized spacial score (nSPS) is 26.1. The third kappa shape index (κ3) is 6.90. The van der Waals surface area contributed by atoms with Gasteiger partial charge in [-0.2, -0.15) is 0 Å². The topological polar surface area (TPSA) is 253 Å². The molecule has 162 valence electrons. The molecule has 16 nitrogen and oxygen atoms in total. The van der Waals surface area contributed by atoms with Crippen LogP contribution >= 0.6 is 23.8 Å². The molecule has 4 unspecified atom stereocenters. The van der Waals surface area contributed by atoms with Crippen molar-refractivity contribution < 1.29 is 56.6 Å². The van der Waals surface area contributed by atoms with E-state index in [-0.39, 0.29) is 12.2 Å². The van der Waals surface area contributed by atoms with Crippen molar-refractivity contribution in [3.63, 3.8) is 0 Å². The number of aliphatic hydroxyl groups excluding tert-OH is 1. The van der Waals surface area contributed by atoms with Crippen LogP contribution in [0.15, 0.2) is 17.1 Å². The first-order valence-corrected chi connectivity index (χ1v) is 12.0. The van der Waals surface area contributed by atoms with Crippen molar-refractivity contribution in [2.75, 3.05) is 12.3 Å². The molecule has 1 aliphatic heterocycles. The van der Waals surface area contributed by atoms with Crippen LogP contribution in [0.4, 0.5) is 5.82 Å². The molecule has 4 atom stereocenters. The fourth-order valence-corrected chi connectivity index (χ4v) is 5.50. The average molecular weight is 469 g/mol. The van der Waals surface area contributed by atoms with E-state index < -0.39 is 54.5 Å². The van der Waals surface area contributed by atoms with E-state index in [1.54, 1.807) is 0 Å². The first kappa shape index (κ1) is 23.4. The number of ether oxygens (including phenoxy) is 1. The molecule has 1 saturated heterocycles. The Morgan fingerprint density at radius 1 is 1.36 bits per heavy atom. The zero-order valence-electron chi connectivity index (χ0n) is 13.7. The van der Waals surface area contributed by atoms with Gasteiger partial charge in [-0.1, -0.05) is 0 Å². The summed E-state index contributed by atoms with van der Waals surface area (Å²) in [5, 5.41) is 9.96. The van der Waals surface area contributed by atoms with Crippen LogP contribution in [-0.4, -0.2) is 57.9 Å². The Kier molecular flexibility index (Phi) is 7.12. The molecule has 1 fully saturated rings. The zero-order valence-corrected chi connectivity index (χ0v) is 16.5. The van der Waals surface area contributed by atoms with E-state index in [0.717, 1.165) is 4.57 Å². The Morgan fingerprint density at radius 2 is 2.00 bits per heavy atom. The summed E-state index contributed by atoms with van der Waals surface area (Å²) in [7, 11) is -16.5. The number of aliphatic hydroxyl groups is 1. The SMILES string of the molecule is Nc1ccn(C2CC(O)C(CO[PH](O)(O)OP(=O)(O)OP(=O)(O)O)O2)c(=O)n1. The number of rotatable bonds is 8. The summed E-state index contributed by atoms with van der Waals surface area (Å²) in [5.74, 6) is -0.0286. The quantitative estimate of drug-likeness (QED) is 0.205. The van der Waals surface area contributed by atoms with Gasteiger partial charge in [0.1, 0.15) is 0 Å². The van der Waals surface area contributed by atoms with E-state index in [0.29, 0.717) is 0 Å². The number of aromatic nitrogens is 2. The third-order valence-electron chi connectivity index (χ3n) is 3.25. The minimum absolute atomic E-state index is 0.0286. The van der Waals surface area contributed by atoms with Gasteiger partial charge in [0.25, 0.3) is 0 Å². The minimum atomic E-state index is -5.58. The molecular formula is C9H18N3O13P3. The molecule has 0 saturated carbocycles. The Morgan fingerprint density at radius 3 is 2.57 bits per heavy atom. The Labute approximate surface area is 156 Å². The van der Waals surface area contributed by atoms with E-state index in [1.807, 2.05) is 0 Å². The van der Waals surface area contributed by atoms with Gasteiger partial charge in [-0.3, -0.25) is 0 Å². The molecule has 0 amide bonds. The molecule has 2 rings (SSSR count). The molecule has 1 aromatic rings. The molecule has 0 bridgehead atoms. The van der Waals surface area contributed by atoms with Crippen LogP contribution < -0.4 is 11.4 Å². The molecule has 28 heavy (non-hydrogen) atoms. The molecule has 8 N–H and O–H groups in total. The van der Waals surface area contributed by atoms with Crippen LogP contribution in [0.1, 0.15) is 12.6 Å². The number of nitrogens with zero attached hydrogens (tertiary/aromatic N) is 2. The number of anilines is 1. The van der Waals surface area contributed by atoms with Crippen molar-refractivity contribution in [1.82, 2.24) is 9.55 Å². The van der Waals surface area contributed by atoms with E-state index in [9.17, 15) is 28.8 Å². The van der Waals surface area contributed by atoms with Gasteiger partial charge < -0.3 is 0 Å². The Balaban J connectivity index is 1.97. The van der Waals surface area contributed by atoms with Crippen molar-refractivity contribution in [2.24, 2.45) is 0 Å². The van der Waals surface area contributed by atoms with Crippen molar-refractivity contribution in [1.29, 1.82) is 0 Å². The van der Waals surface area contributed by atoms with E-state index in [4.69, 9.17) is 25.2 Å². The predicted octanol–water partition coefficient (Wildman–Crippen LogP) is -1.89. The summed E-state index contributed by atoms with van der Waals surface area (Å²) in [5.41, 5.74) is 4.60. The van der Waals surface area contributed by atoms with Crippen molar-refractivity contribution >= 4 is 29.6 Å². The molecule has 1 aliphatic rings. The van der Waals surface area contributed by atoms with Crippen molar-refractivity contribution in [3.05, 3.63) is 22.7 Å². The molecule has 19 heteroatoms. The second kappa shape index (κ2) is 8.50. The van der Waals surface area contributed by atoms with Gasteiger partial charge in [-0.15, -0.1) is 0 Å². The number of phosphoric acid groups is 2. The van der Waals surface area contributed by atoms with E-state index in [2.05, 4.69) is 18.1 Å². The van der Waals surface area contributed by atoms with Crippen LogP contribution in [0.25, 0.3) is 0 Å². The summed E-state index contributed by atoms with van der Waals surface area (Å²) in [4.78, 5) is 60.3. The second-order valence-electron chi connectivity index (χ2n) is 5.47. The van der Waals surface area contributed by atoms with Gasteiger partial charge in [0.2, 0.25) is 0 Å². The van der Waals surface area contributed by atoms with Crippen molar-refractivity contribution in [2.45, 2.75) is 24.9 Å². The maximum atomic E-state index is 11.8. The Bertz CT molecular complexity index is 855. The predicted molar refractivity (Wildman–Crippen MR) is 90.2 cm³/mol. The third-order valence-corrected chi connectivity index (χ3v) is 7.34. The molecule has 0 spiro atoms. The van der Waals surface area contributed by atoms with Crippen LogP contribution in [0.5, 0.6) is 0 Å². The fraction of sp³-hybridized carbons (Fsp3) is 0.556. The van der Waals surface area contributed by atoms with E-state index in [1.165, 1.54) is 12.3 Å². The molecule has 0 aromatic carbocycles. The average Bonchev–Trinajstić information content (AvgIpc) is 2.82. The monoisotopic (exact) mass is 469 g/mol. The summed E-state index contributed by atoms with van der Waals surface area (Å²) in [6.45, 7) is -0.774. The zero-order chi connectivity index (χ0) is 21.3. The maximum absolute atomic E-state index is 11.8. The molecule has 2 heterocycles. The van der Waals surface area contributed by atoms with Crippen LogP contribution in [0.2, 0.25) is 0 Å². The number of nitrogen functional groups attached to an aromatic ring is 1. The number of hydrogen-bond donors (Lipinski definition) is 7. The Hall–Kier alpha value is -0.830. The fourth-order valence-electron chi connectivity index (χ4n) is 2.20. The summed E-state index contributed by atoms with van der Waals surface area (Å²) in [6.07, 6.45) is -2.28. The van der Waals surface area contributed by atoms with Crippen LogP contribution in [0.3, 0.4) is 0 Å². The molecule has 0 aliphatic carbocycles. The summed E-state index contributed by atoms with van der Waals surface area (Å²) < 4.78 is 40.0. The van der Waals surface area contributed by atoms with Gasteiger partial charge in [0.05, 0.1) is 0 Å². The van der Waals surface area contributed by atoms with Gasteiger partial charge in [-0.25, -0.2) is 0 Å². The summed E-state index contributed by atoms with van der Waals surface area (Å²) >= 11 is 0. The first-order chi connectivity index (χ1) is 12.7. The van der Waals surface area contributed by atoms with Gasteiger partial charge >= 0.3 is 156 Å². The first-order valence-electron chi connectivity index (χ1n) is 7.25. The number of nitrogens with two attached hydrogens (primary N) is 1. The number of hydrogen-bond acceptors (Lipinski definition) is 12. The van der Waals surface area contributed by atoms with Crippen molar-refractivity contribution in [3.8, 4) is 0 Å². The molecular weight excluding hydrogens is 451 g/mol. The van der Waals surface area contributed by atoms with Gasteiger partial charge in [0, 0.05) is 0 Å². The summed E-state index contributed by atoms with van der Waals surface area (Å²) in [6, 6.07) is 1.31. The molecule has 0 radical (unpaired) electrons.